The maximum atomic E-state index is 12.6. The molecule has 0 saturated heterocycles. The van der Waals surface area contributed by atoms with Crippen LogP contribution in [0.4, 0.5) is 23.5 Å². The molecule has 0 aliphatic carbocycles. The van der Waals surface area contributed by atoms with Crippen molar-refractivity contribution in [1.29, 1.82) is 0 Å². The van der Waals surface area contributed by atoms with Crippen molar-refractivity contribution < 1.29 is 38.0 Å². The first-order valence-corrected chi connectivity index (χ1v) is 18.0. The van der Waals surface area contributed by atoms with Crippen molar-refractivity contribution in [3.8, 4) is 11.5 Å². The highest BCUT2D eigenvalue weighted by atomic mass is 16.7. The molecule has 4 aromatic rings. The van der Waals surface area contributed by atoms with Gasteiger partial charge in [-0.1, -0.05) is 35.4 Å². The number of aromatic nitrogens is 3. The summed E-state index contributed by atoms with van der Waals surface area (Å²) in [5, 5.41) is 18.6. The fraction of sp³-hybridized carbons (Fsp3) is 0.378. The van der Waals surface area contributed by atoms with E-state index in [9.17, 15) is 9.59 Å². The molecule has 1 aromatic heterocycles. The molecule has 296 valence electrons. The summed E-state index contributed by atoms with van der Waals surface area (Å²) in [6, 6.07) is 21.6. The Hall–Kier alpha value is -6.24. The Morgan fingerprint density at radius 3 is 1.95 bits per heavy atom. The van der Waals surface area contributed by atoms with Crippen molar-refractivity contribution in [2.24, 2.45) is 5.11 Å². The highest BCUT2D eigenvalue weighted by molar-refractivity contribution is 5.94. The summed E-state index contributed by atoms with van der Waals surface area (Å²) in [5.74, 6) is 1.86. The van der Waals surface area contributed by atoms with Crippen LogP contribution >= 0.6 is 0 Å². The van der Waals surface area contributed by atoms with E-state index < -0.39 is 0 Å². The van der Waals surface area contributed by atoms with Gasteiger partial charge in [-0.2, -0.15) is 15.0 Å². The smallest absolute Gasteiger partial charge is 0.251 e. The van der Waals surface area contributed by atoms with Gasteiger partial charge in [0.1, 0.15) is 0 Å². The molecule has 1 aliphatic rings. The van der Waals surface area contributed by atoms with Crippen molar-refractivity contribution in [3.05, 3.63) is 99.9 Å². The van der Waals surface area contributed by atoms with E-state index in [-0.39, 0.29) is 31.1 Å². The number of ether oxygens (including phenoxy) is 6. The van der Waals surface area contributed by atoms with Crippen LogP contribution in [0.2, 0.25) is 0 Å². The molecule has 0 radical (unpaired) electrons. The summed E-state index contributed by atoms with van der Waals surface area (Å²) in [6.45, 7) is 4.80. The summed E-state index contributed by atoms with van der Waals surface area (Å²) >= 11 is 0. The quantitative estimate of drug-likeness (QED) is 0.0264. The minimum Gasteiger partial charge on any atom is -0.454 e. The highest BCUT2D eigenvalue weighted by Gasteiger charge is 2.17. The van der Waals surface area contributed by atoms with Crippen LogP contribution in [0.3, 0.4) is 0 Å². The lowest BCUT2D eigenvalue weighted by Gasteiger charge is -2.13. The first-order valence-electron chi connectivity index (χ1n) is 18.0. The van der Waals surface area contributed by atoms with Gasteiger partial charge in [-0.15, -0.1) is 0 Å². The van der Waals surface area contributed by atoms with E-state index in [1.807, 2.05) is 36.4 Å². The van der Waals surface area contributed by atoms with Crippen LogP contribution in [0.5, 0.6) is 11.5 Å². The van der Waals surface area contributed by atoms with Crippen molar-refractivity contribution in [3.63, 3.8) is 0 Å². The Balaban J connectivity index is 1.06. The van der Waals surface area contributed by atoms with Crippen LogP contribution in [-0.2, 0) is 25.5 Å². The number of benzene rings is 3. The van der Waals surface area contributed by atoms with Crippen molar-refractivity contribution in [2.45, 2.75) is 6.54 Å². The van der Waals surface area contributed by atoms with Gasteiger partial charge in [0.05, 0.1) is 52.9 Å². The number of nitrogens with zero attached hydrogens (tertiary/aromatic N) is 6. The molecule has 5 rings (SSSR count). The average molecular weight is 772 g/mol. The topological polar surface area (TPSA) is 237 Å². The number of rotatable bonds is 26. The minimum atomic E-state index is -0.244. The number of amides is 2. The predicted octanol–water partition coefficient (Wildman–Crippen LogP) is 3.90. The third-order valence-electron chi connectivity index (χ3n) is 7.73. The van der Waals surface area contributed by atoms with Gasteiger partial charge in [-0.25, -0.2) is 0 Å². The minimum absolute atomic E-state index is 0.142. The van der Waals surface area contributed by atoms with Gasteiger partial charge >= 0.3 is 0 Å². The fourth-order valence-corrected chi connectivity index (χ4v) is 5.02. The first-order chi connectivity index (χ1) is 27.6. The predicted molar refractivity (Wildman–Crippen MR) is 206 cm³/mol. The molecule has 2 heterocycles. The number of fused-ring (bicyclic) bond motifs is 1. The second-order valence-electron chi connectivity index (χ2n) is 11.7. The number of azide groups is 1. The number of para-hydroxylation sites is 1. The molecular formula is C37H45N11O8. The van der Waals surface area contributed by atoms with Crippen LogP contribution in [0.25, 0.3) is 10.4 Å². The molecule has 56 heavy (non-hydrogen) atoms. The summed E-state index contributed by atoms with van der Waals surface area (Å²) in [6.07, 6.45) is 0. The molecular weight excluding hydrogens is 726 g/mol. The third-order valence-corrected chi connectivity index (χ3v) is 7.73. The van der Waals surface area contributed by atoms with Crippen LogP contribution in [0.1, 0.15) is 26.3 Å². The third kappa shape index (κ3) is 14.2. The molecule has 5 N–H and O–H groups in total. The largest absolute Gasteiger partial charge is 0.454 e. The van der Waals surface area contributed by atoms with Crippen molar-refractivity contribution in [2.75, 3.05) is 102 Å². The Bertz CT molecular complexity index is 1870. The molecule has 0 fully saturated rings. The monoisotopic (exact) mass is 771 g/mol. The second-order valence-corrected chi connectivity index (χ2v) is 11.7. The number of carbonyl (C=O) groups is 2. The molecule has 2 amide bonds. The Labute approximate surface area is 323 Å². The van der Waals surface area contributed by atoms with Gasteiger partial charge in [0.2, 0.25) is 24.6 Å². The van der Waals surface area contributed by atoms with Crippen molar-refractivity contribution in [1.82, 2.24) is 25.6 Å². The van der Waals surface area contributed by atoms with E-state index in [1.165, 1.54) is 0 Å². The molecule has 0 atom stereocenters. The molecule has 3 aromatic carbocycles. The maximum Gasteiger partial charge on any atom is 0.251 e. The Kier molecular flexibility index (Phi) is 17.2. The molecule has 19 nitrogen and oxygen atoms in total. The van der Waals surface area contributed by atoms with E-state index in [2.05, 4.69) is 51.6 Å². The molecule has 0 spiro atoms. The van der Waals surface area contributed by atoms with Gasteiger partial charge < -0.3 is 55.0 Å². The number of carbonyl (C=O) groups excluding carboxylic acids is 2. The van der Waals surface area contributed by atoms with Gasteiger partial charge in [-0.05, 0) is 48.0 Å². The van der Waals surface area contributed by atoms with Crippen LogP contribution < -0.4 is 36.1 Å². The first kappa shape index (κ1) is 40.9. The van der Waals surface area contributed by atoms with E-state index in [0.717, 1.165) is 5.56 Å². The number of nitrogens with one attached hydrogen (secondary N) is 5. The van der Waals surface area contributed by atoms with E-state index in [4.69, 9.17) is 34.0 Å². The van der Waals surface area contributed by atoms with Gasteiger partial charge in [0, 0.05) is 60.0 Å². The average Bonchev–Trinajstić information content (AvgIpc) is 3.72. The highest BCUT2D eigenvalue weighted by Crippen LogP contribution is 2.35. The zero-order chi connectivity index (χ0) is 39.0. The molecule has 1 aliphatic heterocycles. The zero-order valence-corrected chi connectivity index (χ0v) is 30.8. The maximum absolute atomic E-state index is 12.6. The number of hydrogen-bond donors (Lipinski definition) is 5. The van der Waals surface area contributed by atoms with Crippen LogP contribution in [-0.4, -0.2) is 113 Å². The molecule has 0 bridgehead atoms. The lowest BCUT2D eigenvalue weighted by molar-refractivity contribution is 0.0511. The lowest BCUT2D eigenvalue weighted by Crippen LogP contribution is -2.27. The normalized spacial score (nSPS) is 11.4. The standard InChI is InChI=1S/C37H45N11O8/c38-48-43-16-20-54-24-23-52-18-14-40-34(50)28-9-11-30(12-10-28)44-37-46-35(45-36(47-37)42-25-29-7-4-8-31-32(29)56-26-55-31)41-15-19-53-22-21-51-17-13-39-33(49)27-5-2-1-3-6-27/h1-12H,13-26H2,(H,39,49)(H,40,50)(H3,41,42,44,45,46,47). The van der Waals surface area contributed by atoms with E-state index in [0.29, 0.717) is 119 Å². The lowest BCUT2D eigenvalue weighted by atomic mass is 10.2. The van der Waals surface area contributed by atoms with Crippen LogP contribution in [0.15, 0.2) is 77.9 Å². The Morgan fingerprint density at radius 1 is 0.661 bits per heavy atom. The molecule has 0 unspecified atom stereocenters. The number of anilines is 4. The van der Waals surface area contributed by atoms with Gasteiger partial charge in [0.15, 0.2) is 11.5 Å². The summed E-state index contributed by atoms with van der Waals surface area (Å²) in [7, 11) is 0. The molecule has 0 saturated carbocycles. The fourth-order valence-electron chi connectivity index (χ4n) is 5.02. The SMILES string of the molecule is [N-]=[N+]=NCCOCCOCCNC(=O)c1ccc(Nc2nc(NCCOCCOCCNC(=O)c3ccccc3)nc(NCc3cccc4c3OCO4)n2)cc1. The van der Waals surface area contributed by atoms with Crippen molar-refractivity contribution >= 4 is 35.3 Å². The summed E-state index contributed by atoms with van der Waals surface area (Å²) < 4.78 is 33.1. The summed E-state index contributed by atoms with van der Waals surface area (Å²) in [5.41, 5.74) is 10.9. The van der Waals surface area contributed by atoms with Crippen LogP contribution in [0, 0.1) is 0 Å². The number of hydrogen-bond acceptors (Lipinski definition) is 15. The van der Waals surface area contributed by atoms with Gasteiger partial charge in [-0.3, -0.25) is 9.59 Å². The van der Waals surface area contributed by atoms with E-state index >= 15 is 0 Å². The summed E-state index contributed by atoms with van der Waals surface area (Å²) in [4.78, 5) is 41.0. The molecule has 19 heteroatoms. The van der Waals surface area contributed by atoms with E-state index in [1.54, 1.807) is 36.4 Å². The second kappa shape index (κ2) is 23.5. The zero-order valence-electron chi connectivity index (χ0n) is 30.8. The Morgan fingerprint density at radius 2 is 1.27 bits per heavy atom. The van der Waals surface area contributed by atoms with Gasteiger partial charge in [0.25, 0.3) is 11.8 Å².